The Morgan fingerprint density at radius 1 is 0.871 bits per heavy atom. The summed E-state index contributed by atoms with van der Waals surface area (Å²) in [6.45, 7) is 6.14. The number of aromatic nitrogens is 1. The first kappa shape index (κ1) is 19.1. The third kappa shape index (κ3) is 3.48. The van der Waals surface area contributed by atoms with Crippen LogP contribution in [0.4, 0.5) is 5.69 Å². The molecule has 5 rings (SSSR count). The van der Waals surface area contributed by atoms with Gasteiger partial charge in [-0.1, -0.05) is 42.0 Å². The number of carbonyl (C=O) groups is 1. The molecular weight excluding hydrogens is 386 g/mol. The predicted octanol–water partition coefficient (Wildman–Crippen LogP) is 5.81. The number of ether oxygens (including phenoxy) is 1. The van der Waals surface area contributed by atoms with Crippen LogP contribution in [0.5, 0.6) is 11.6 Å². The summed E-state index contributed by atoms with van der Waals surface area (Å²) in [7, 11) is 0. The van der Waals surface area contributed by atoms with E-state index in [2.05, 4.69) is 35.8 Å². The van der Waals surface area contributed by atoms with Crippen LogP contribution in [0.3, 0.4) is 0 Å². The Kier molecular flexibility index (Phi) is 4.59. The van der Waals surface area contributed by atoms with E-state index >= 15 is 0 Å². The zero-order chi connectivity index (χ0) is 21.5. The number of nitrogens with zero attached hydrogens (tertiary/aromatic N) is 1. The van der Waals surface area contributed by atoms with Gasteiger partial charge in [0.1, 0.15) is 11.9 Å². The molecule has 1 aliphatic heterocycles. The van der Waals surface area contributed by atoms with Crippen molar-refractivity contribution in [2.75, 3.05) is 5.32 Å². The maximum atomic E-state index is 12.7. The number of aryl methyl sites for hydroxylation is 3. The van der Waals surface area contributed by atoms with Crippen LogP contribution in [0.15, 0.2) is 66.7 Å². The molecular formula is C26H23N3O2. The standard InChI is InChI=1S/C26H23N3O2/c1-15-8-12-18(13-9-15)31-26-21(14-20-16(2)10-11-17(3)23(20)28-26)24-27-22-7-5-4-6-19(22)25(30)29-24/h4-14,24,27H,1-3H3,(H,29,30). The minimum absolute atomic E-state index is 0.123. The van der Waals surface area contributed by atoms with Gasteiger partial charge in [0.15, 0.2) is 0 Å². The summed E-state index contributed by atoms with van der Waals surface area (Å²) < 4.78 is 6.24. The monoisotopic (exact) mass is 409 g/mol. The Hall–Kier alpha value is -3.86. The van der Waals surface area contributed by atoms with Crippen LogP contribution in [-0.4, -0.2) is 10.9 Å². The Balaban J connectivity index is 1.66. The van der Waals surface area contributed by atoms with E-state index in [1.54, 1.807) is 0 Å². The van der Waals surface area contributed by atoms with Gasteiger partial charge < -0.3 is 15.4 Å². The predicted molar refractivity (Wildman–Crippen MR) is 123 cm³/mol. The summed E-state index contributed by atoms with van der Waals surface area (Å²) >= 11 is 0. The summed E-state index contributed by atoms with van der Waals surface area (Å²) in [5.74, 6) is 1.05. The largest absolute Gasteiger partial charge is 0.439 e. The van der Waals surface area contributed by atoms with Crippen molar-refractivity contribution in [2.24, 2.45) is 0 Å². The molecule has 0 aliphatic carbocycles. The summed E-state index contributed by atoms with van der Waals surface area (Å²) in [5, 5.41) is 7.52. The Bertz CT molecular complexity index is 1310. The summed E-state index contributed by atoms with van der Waals surface area (Å²) in [6.07, 6.45) is -0.459. The van der Waals surface area contributed by atoms with E-state index in [0.29, 0.717) is 17.2 Å². The summed E-state index contributed by atoms with van der Waals surface area (Å²) in [6, 6.07) is 21.6. The van der Waals surface area contributed by atoms with Gasteiger partial charge in [0, 0.05) is 11.1 Å². The van der Waals surface area contributed by atoms with Gasteiger partial charge in [-0.2, -0.15) is 0 Å². The lowest BCUT2D eigenvalue weighted by Crippen LogP contribution is -2.38. The molecule has 0 bridgehead atoms. The first-order chi connectivity index (χ1) is 15.0. The van der Waals surface area contributed by atoms with Gasteiger partial charge in [-0.05, 0) is 62.2 Å². The molecule has 0 spiro atoms. The van der Waals surface area contributed by atoms with Gasteiger partial charge in [-0.3, -0.25) is 4.79 Å². The van der Waals surface area contributed by atoms with Gasteiger partial charge in [0.2, 0.25) is 5.88 Å². The number of anilines is 1. The van der Waals surface area contributed by atoms with Crippen molar-refractivity contribution in [2.45, 2.75) is 26.9 Å². The number of para-hydroxylation sites is 1. The van der Waals surface area contributed by atoms with Gasteiger partial charge in [-0.25, -0.2) is 4.98 Å². The molecule has 1 aliphatic rings. The van der Waals surface area contributed by atoms with Crippen molar-refractivity contribution in [3.05, 3.63) is 94.5 Å². The third-order valence-electron chi connectivity index (χ3n) is 5.69. The number of carbonyl (C=O) groups excluding carboxylic acids is 1. The first-order valence-electron chi connectivity index (χ1n) is 10.3. The van der Waals surface area contributed by atoms with Crippen LogP contribution in [0, 0.1) is 20.8 Å². The molecule has 154 valence electrons. The molecule has 3 aromatic carbocycles. The zero-order valence-corrected chi connectivity index (χ0v) is 17.7. The zero-order valence-electron chi connectivity index (χ0n) is 17.7. The van der Waals surface area contributed by atoms with E-state index in [1.807, 2.05) is 62.4 Å². The van der Waals surface area contributed by atoms with E-state index < -0.39 is 6.17 Å². The molecule has 1 unspecified atom stereocenters. The Morgan fingerprint density at radius 3 is 2.42 bits per heavy atom. The highest BCUT2D eigenvalue weighted by molar-refractivity contribution is 6.01. The number of pyridine rings is 1. The molecule has 2 heterocycles. The number of rotatable bonds is 3. The molecule has 5 heteroatoms. The number of hydrogen-bond acceptors (Lipinski definition) is 4. The molecule has 0 saturated carbocycles. The summed E-state index contributed by atoms with van der Waals surface area (Å²) in [4.78, 5) is 17.6. The number of amides is 1. The minimum atomic E-state index is -0.459. The van der Waals surface area contributed by atoms with E-state index in [4.69, 9.17) is 9.72 Å². The average molecular weight is 409 g/mol. The lowest BCUT2D eigenvalue weighted by molar-refractivity contribution is 0.0935. The Labute approximate surface area is 181 Å². The average Bonchev–Trinajstić information content (AvgIpc) is 2.78. The van der Waals surface area contributed by atoms with Crippen LogP contribution in [-0.2, 0) is 0 Å². The van der Waals surface area contributed by atoms with Gasteiger partial charge in [-0.15, -0.1) is 0 Å². The van der Waals surface area contributed by atoms with E-state index in [-0.39, 0.29) is 5.91 Å². The maximum absolute atomic E-state index is 12.7. The second-order valence-corrected chi connectivity index (χ2v) is 7.99. The first-order valence-corrected chi connectivity index (χ1v) is 10.3. The van der Waals surface area contributed by atoms with Crippen LogP contribution < -0.4 is 15.4 Å². The SMILES string of the molecule is Cc1ccc(Oc2nc3c(C)ccc(C)c3cc2C2NC(=O)c3ccccc3N2)cc1. The lowest BCUT2D eigenvalue weighted by atomic mass is 10.0. The molecule has 1 aromatic heterocycles. The summed E-state index contributed by atoms with van der Waals surface area (Å²) in [5.41, 5.74) is 6.45. The fraction of sp³-hybridized carbons (Fsp3) is 0.154. The molecule has 1 amide bonds. The normalized spacial score (nSPS) is 15.2. The molecule has 5 nitrogen and oxygen atoms in total. The van der Waals surface area contributed by atoms with Crippen molar-refractivity contribution in [3.63, 3.8) is 0 Å². The highest BCUT2D eigenvalue weighted by atomic mass is 16.5. The van der Waals surface area contributed by atoms with Crippen molar-refractivity contribution in [1.29, 1.82) is 0 Å². The molecule has 0 saturated heterocycles. The number of hydrogen-bond donors (Lipinski definition) is 2. The van der Waals surface area contributed by atoms with Gasteiger partial charge >= 0.3 is 0 Å². The second-order valence-electron chi connectivity index (χ2n) is 7.99. The van der Waals surface area contributed by atoms with Crippen molar-refractivity contribution in [3.8, 4) is 11.6 Å². The topological polar surface area (TPSA) is 63.2 Å². The smallest absolute Gasteiger partial charge is 0.255 e. The van der Waals surface area contributed by atoms with Gasteiger partial charge in [0.25, 0.3) is 5.91 Å². The second kappa shape index (κ2) is 7.43. The Morgan fingerprint density at radius 2 is 1.61 bits per heavy atom. The number of nitrogens with one attached hydrogen (secondary N) is 2. The highest BCUT2D eigenvalue weighted by Gasteiger charge is 2.28. The van der Waals surface area contributed by atoms with Crippen molar-refractivity contribution >= 4 is 22.5 Å². The lowest BCUT2D eigenvalue weighted by Gasteiger charge is -2.29. The van der Waals surface area contributed by atoms with Crippen molar-refractivity contribution < 1.29 is 9.53 Å². The molecule has 0 radical (unpaired) electrons. The number of benzene rings is 3. The van der Waals surface area contributed by atoms with Crippen LogP contribution in [0.25, 0.3) is 10.9 Å². The van der Waals surface area contributed by atoms with Crippen LogP contribution in [0.1, 0.15) is 38.8 Å². The van der Waals surface area contributed by atoms with Crippen LogP contribution >= 0.6 is 0 Å². The quantitative estimate of drug-likeness (QED) is 0.448. The molecule has 31 heavy (non-hydrogen) atoms. The van der Waals surface area contributed by atoms with Crippen LogP contribution in [0.2, 0.25) is 0 Å². The minimum Gasteiger partial charge on any atom is -0.439 e. The molecule has 1 atom stereocenters. The van der Waals surface area contributed by atoms with Crippen molar-refractivity contribution in [1.82, 2.24) is 10.3 Å². The molecule has 4 aromatic rings. The van der Waals surface area contributed by atoms with Gasteiger partial charge in [0.05, 0.1) is 16.6 Å². The number of fused-ring (bicyclic) bond motifs is 2. The fourth-order valence-electron chi connectivity index (χ4n) is 3.90. The third-order valence-corrected chi connectivity index (χ3v) is 5.69. The molecule has 2 N–H and O–H groups in total. The van der Waals surface area contributed by atoms with E-state index in [1.165, 1.54) is 0 Å². The molecule has 0 fully saturated rings. The fourth-order valence-corrected chi connectivity index (χ4v) is 3.90. The highest BCUT2D eigenvalue weighted by Crippen LogP contribution is 2.36. The van der Waals surface area contributed by atoms with E-state index in [0.717, 1.165) is 38.8 Å². The maximum Gasteiger partial charge on any atom is 0.255 e. The van der Waals surface area contributed by atoms with E-state index in [9.17, 15) is 4.79 Å².